The monoisotopic (exact) mass is 446 g/mol. The lowest BCUT2D eigenvalue weighted by Crippen LogP contribution is -2.39. The lowest BCUT2D eigenvalue weighted by molar-refractivity contribution is 0.0321. The molecule has 0 aliphatic heterocycles. The molecule has 0 aromatic rings. The number of aliphatic hydroxyl groups is 3. The van der Waals surface area contributed by atoms with Crippen LogP contribution in [0.25, 0.3) is 0 Å². The van der Waals surface area contributed by atoms with E-state index < -0.39 is 17.8 Å². The Bertz CT molecular complexity index is 696. The van der Waals surface area contributed by atoms with Crippen molar-refractivity contribution < 1.29 is 15.3 Å². The van der Waals surface area contributed by atoms with Crippen molar-refractivity contribution in [1.29, 1.82) is 0 Å². The van der Waals surface area contributed by atoms with Crippen LogP contribution >= 0.6 is 0 Å². The summed E-state index contributed by atoms with van der Waals surface area (Å²) in [6.45, 7) is 20.0. The normalized spacial score (nSPS) is 34.4. The molecule has 3 nitrogen and oxygen atoms in total. The van der Waals surface area contributed by atoms with E-state index in [0.717, 1.165) is 24.0 Å². The summed E-state index contributed by atoms with van der Waals surface area (Å²) in [6.07, 6.45) is 13.2. The van der Waals surface area contributed by atoms with Crippen LogP contribution in [-0.2, 0) is 0 Å². The van der Waals surface area contributed by atoms with Crippen LogP contribution in [0.15, 0.2) is 36.0 Å². The third-order valence-electron chi connectivity index (χ3n) is 9.11. The topological polar surface area (TPSA) is 60.7 Å². The second kappa shape index (κ2) is 10.6. The fourth-order valence-electron chi connectivity index (χ4n) is 6.21. The van der Waals surface area contributed by atoms with E-state index in [1.54, 1.807) is 0 Å². The molecule has 0 spiro atoms. The van der Waals surface area contributed by atoms with Gasteiger partial charge >= 0.3 is 0 Å². The zero-order valence-electron chi connectivity index (χ0n) is 21.8. The highest BCUT2D eigenvalue weighted by Gasteiger charge is 2.52. The Morgan fingerprint density at radius 3 is 2.47 bits per heavy atom. The smallest absolute Gasteiger partial charge is 0.0811 e. The van der Waals surface area contributed by atoms with E-state index in [9.17, 15) is 15.3 Å². The second-order valence-electron chi connectivity index (χ2n) is 12.4. The zero-order chi connectivity index (χ0) is 24.3. The van der Waals surface area contributed by atoms with E-state index in [4.69, 9.17) is 0 Å². The Labute approximate surface area is 197 Å². The maximum Gasteiger partial charge on any atom is 0.0811 e. The molecule has 0 saturated heterocycles. The van der Waals surface area contributed by atoms with Gasteiger partial charge < -0.3 is 15.3 Å². The van der Waals surface area contributed by atoms with Crippen LogP contribution in [0.1, 0.15) is 99.8 Å². The molecular formula is C29H50O3. The van der Waals surface area contributed by atoms with Gasteiger partial charge in [-0.2, -0.15) is 0 Å². The van der Waals surface area contributed by atoms with Crippen molar-refractivity contribution in [2.24, 2.45) is 28.6 Å². The summed E-state index contributed by atoms with van der Waals surface area (Å²) < 4.78 is 0. The molecule has 2 saturated carbocycles. The maximum atomic E-state index is 10.1. The lowest BCUT2D eigenvalue weighted by atomic mass is 9.58. The fourth-order valence-corrected chi connectivity index (χ4v) is 6.21. The van der Waals surface area contributed by atoms with Crippen LogP contribution < -0.4 is 0 Å². The molecule has 0 aromatic carbocycles. The van der Waals surface area contributed by atoms with Gasteiger partial charge in [-0.05, 0) is 85.7 Å². The summed E-state index contributed by atoms with van der Waals surface area (Å²) in [4.78, 5) is 0. The molecule has 2 rings (SSSR count). The van der Waals surface area contributed by atoms with Gasteiger partial charge in [0.2, 0.25) is 0 Å². The SMILES string of the molecule is C=C1/C(=C\C=C\[C@@H]2CC[C@](C)([C@@H](C)CC(C)CCCC(C)(C)O)C2(C)C)C[C@@H](O)C[C@@H]1O. The van der Waals surface area contributed by atoms with Gasteiger partial charge in [0.05, 0.1) is 17.8 Å². The molecule has 3 N–H and O–H groups in total. The third-order valence-corrected chi connectivity index (χ3v) is 9.11. The molecule has 2 aliphatic rings. The third kappa shape index (κ3) is 6.58. The Kier molecular flexibility index (Phi) is 9.03. The Morgan fingerprint density at radius 2 is 1.84 bits per heavy atom. The first kappa shape index (κ1) is 27.3. The molecule has 2 aliphatic carbocycles. The minimum absolute atomic E-state index is 0.205. The molecule has 0 amide bonds. The highest BCUT2D eigenvalue weighted by atomic mass is 16.3. The fraction of sp³-hybridized carbons (Fsp3) is 0.793. The Hall–Kier alpha value is -0.900. The summed E-state index contributed by atoms with van der Waals surface area (Å²) >= 11 is 0. The largest absolute Gasteiger partial charge is 0.393 e. The summed E-state index contributed by atoms with van der Waals surface area (Å²) in [7, 11) is 0. The molecule has 0 radical (unpaired) electrons. The number of rotatable bonds is 9. The number of aliphatic hydroxyl groups excluding tert-OH is 2. The van der Waals surface area contributed by atoms with E-state index in [2.05, 4.69) is 53.3 Å². The molecular weight excluding hydrogens is 396 g/mol. The lowest BCUT2D eigenvalue weighted by Gasteiger charge is -2.46. The van der Waals surface area contributed by atoms with Gasteiger partial charge in [-0.3, -0.25) is 0 Å². The summed E-state index contributed by atoms with van der Waals surface area (Å²) in [5, 5.41) is 30.0. The van der Waals surface area contributed by atoms with E-state index in [1.165, 1.54) is 25.7 Å². The minimum atomic E-state index is -0.629. The Morgan fingerprint density at radius 1 is 1.19 bits per heavy atom. The molecule has 32 heavy (non-hydrogen) atoms. The highest BCUT2D eigenvalue weighted by molar-refractivity contribution is 5.37. The van der Waals surface area contributed by atoms with Gasteiger partial charge in [0.15, 0.2) is 0 Å². The molecule has 2 fully saturated rings. The summed E-state index contributed by atoms with van der Waals surface area (Å²) in [5.41, 5.74) is 1.67. The van der Waals surface area contributed by atoms with Gasteiger partial charge in [-0.15, -0.1) is 0 Å². The average molecular weight is 447 g/mol. The van der Waals surface area contributed by atoms with Crippen LogP contribution in [0.4, 0.5) is 0 Å². The summed E-state index contributed by atoms with van der Waals surface area (Å²) in [5.74, 6) is 1.84. The summed E-state index contributed by atoms with van der Waals surface area (Å²) in [6, 6.07) is 0. The van der Waals surface area contributed by atoms with E-state index in [-0.39, 0.29) is 5.41 Å². The first-order valence-corrected chi connectivity index (χ1v) is 12.8. The molecule has 0 bridgehead atoms. The van der Waals surface area contributed by atoms with Crippen LogP contribution in [0.3, 0.4) is 0 Å². The predicted octanol–water partition coefficient (Wildman–Crippen LogP) is 6.59. The highest BCUT2D eigenvalue weighted by Crippen LogP contribution is 2.61. The first-order valence-electron chi connectivity index (χ1n) is 12.8. The van der Waals surface area contributed by atoms with Crippen LogP contribution in [0, 0.1) is 28.6 Å². The Balaban J connectivity index is 1.99. The number of allylic oxidation sites excluding steroid dienone is 3. The van der Waals surface area contributed by atoms with Crippen LogP contribution in [0.5, 0.6) is 0 Å². The van der Waals surface area contributed by atoms with Gasteiger partial charge in [0.25, 0.3) is 0 Å². The molecule has 6 atom stereocenters. The molecule has 3 heteroatoms. The van der Waals surface area contributed by atoms with Gasteiger partial charge in [0, 0.05) is 6.42 Å². The molecule has 0 heterocycles. The van der Waals surface area contributed by atoms with Crippen molar-refractivity contribution in [3.05, 3.63) is 36.0 Å². The first-order chi connectivity index (χ1) is 14.7. The van der Waals surface area contributed by atoms with E-state index >= 15 is 0 Å². The van der Waals surface area contributed by atoms with Crippen molar-refractivity contribution in [3.63, 3.8) is 0 Å². The number of hydrogen-bond acceptors (Lipinski definition) is 3. The van der Waals surface area contributed by atoms with Gasteiger partial charge in [-0.1, -0.05) is 72.3 Å². The van der Waals surface area contributed by atoms with Crippen molar-refractivity contribution in [1.82, 2.24) is 0 Å². The van der Waals surface area contributed by atoms with Crippen LogP contribution in [-0.4, -0.2) is 33.1 Å². The van der Waals surface area contributed by atoms with E-state index in [0.29, 0.717) is 36.0 Å². The van der Waals surface area contributed by atoms with Gasteiger partial charge in [0.1, 0.15) is 0 Å². The molecule has 1 unspecified atom stereocenters. The second-order valence-corrected chi connectivity index (χ2v) is 12.4. The number of hydrogen-bond donors (Lipinski definition) is 3. The molecule has 184 valence electrons. The average Bonchev–Trinajstić information content (AvgIpc) is 2.88. The van der Waals surface area contributed by atoms with Crippen LogP contribution in [0.2, 0.25) is 0 Å². The standard InChI is InChI=1S/C29H50O3/c1-20(11-10-15-27(4,5)32)17-21(2)29(8)16-14-24(28(29,6)7)13-9-12-23-18-25(30)19-26(31)22(23)3/h9,12-13,20-21,24-26,30-32H,3,10-11,14-19H2,1-2,4-8H3/b13-9+,23-12-/t20?,21-,24+,25+,26-,29+/m0/s1. The quantitative estimate of drug-likeness (QED) is 0.374. The zero-order valence-corrected chi connectivity index (χ0v) is 21.8. The van der Waals surface area contributed by atoms with Crippen molar-refractivity contribution >= 4 is 0 Å². The van der Waals surface area contributed by atoms with Crippen molar-refractivity contribution in [2.75, 3.05) is 0 Å². The van der Waals surface area contributed by atoms with Gasteiger partial charge in [-0.25, -0.2) is 0 Å². The van der Waals surface area contributed by atoms with Crippen molar-refractivity contribution in [2.45, 2.75) is 118 Å². The minimum Gasteiger partial charge on any atom is -0.393 e. The predicted molar refractivity (Wildman–Crippen MR) is 135 cm³/mol. The molecule has 0 aromatic heterocycles. The van der Waals surface area contributed by atoms with E-state index in [1.807, 2.05) is 19.9 Å². The van der Waals surface area contributed by atoms with Crippen molar-refractivity contribution in [3.8, 4) is 0 Å². The maximum absolute atomic E-state index is 10.1.